The van der Waals surface area contributed by atoms with Crippen LogP contribution in [0.15, 0.2) is 24.3 Å². The number of carbonyl (C=O) groups is 2. The van der Waals surface area contributed by atoms with E-state index in [1.54, 1.807) is 7.11 Å². The molecule has 1 fully saturated rings. The zero-order chi connectivity index (χ0) is 17.6. The number of carbonyl (C=O) groups excluding carboxylic acids is 2. The van der Waals surface area contributed by atoms with Crippen LogP contribution in [0.3, 0.4) is 0 Å². The van der Waals surface area contributed by atoms with E-state index in [2.05, 4.69) is 10.6 Å². The number of rotatable bonds is 9. The van der Waals surface area contributed by atoms with Crippen molar-refractivity contribution in [1.82, 2.24) is 5.32 Å². The molecule has 1 aromatic rings. The van der Waals surface area contributed by atoms with E-state index >= 15 is 0 Å². The van der Waals surface area contributed by atoms with Crippen LogP contribution < -0.4 is 10.6 Å². The zero-order valence-corrected chi connectivity index (χ0v) is 14.9. The minimum Gasteiger partial charge on any atom is -0.385 e. The van der Waals surface area contributed by atoms with E-state index in [-0.39, 0.29) is 17.2 Å². The summed E-state index contributed by atoms with van der Waals surface area (Å²) in [6.45, 7) is 5.32. The number of ether oxygens (including phenoxy) is 1. The van der Waals surface area contributed by atoms with Crippen LogP contribution in [0.25, 0.3) is 0 Å². The number of nitrogens with one attached hydrogen (secondary N) is 2. The lowest BCUT2D eigenvalue weighted by Crippen LogP contribution is -2.35. The van der Waals surface area contributed by atoms with Crippen LogP contribution in [-0.4, -0.2) is 32.1 Å². The van der Waals surface area contributed by atoms with Crippen molar-refractivity contribution in [1.29, 1.82) is 0 Å². The van der Waals surface area contributed by atoms with Gasteiger partial charge in [-0.05, 0) is 42.9 Å². The minimum atomic E-state index is -0.381. The smallest absolute Gasteiger partial charge is 0.230 e. The maximum absolute atomic E-state index is 12.5. The highest BCUT2D eigenvalue weighted by molar-refractivity contribution is 5.92. The molecule has 0 unspecified atom stereocenters. The van der Waals surface area contributed by atoms with Crippen LogP contribution in [-0.2, 0) is 19.7 Å². The summed E-state index contributed by atoms with van der Waals surface area (Å²) in [5.41, 5.74) is 1.42. The predicted octanol–water partition coefficient (Wildman–Crippen LogP) is 2.86. The van der Waals surface area contributed by atoms with Crippen molar-refractivity contribution in [3.8, 4) is 0 Å². The topological polar surface area (TPSA) is 67.4 Å². The van der Waals surface area contributed by atoms with Crippen LogP contribution in [0.1, 0.15) is 45.1 Å². The highest BCUT2D eigenvalue weighted by Gasteiger charge is 2.50. The van der Waals surface area contributed by atoms with E-state index < -0.39 is 0 Å². The highest BCUT2D eigenvalue weighted by Crippen LogP contribution is 2.48. The van der Waals surface area contributed by atoms with Crippen LogP contribution in [0.2, 0.25) is 0 Å². The number of amides is 2. The second kappa shape index (κ2) is 8.29. The van der Waals surface area contributed by atoms with Gasteiger partial charge in [-0.2, -0.15) is 0 Å². The third kappa shape index (κ3) is 4.81. The molecule has 0 aromatic heterocycles. The third-order valence-electron chi connectivity index (χ3n) is 4.31. The molecule has 2 amide bonds. The van der Waals surface area contributed by atoms with E-state index in [4.69, 9.17) is 4.74 Å². The van der Waals surface area contributed by atoms with Gasteiger partial charge in [0.1, 0.15) is 0 Å². The molecule has 5 nitrogen and oxygen atoms in total. The molecular formula is C19H28N2O3. The fraction of sp³-hybridized carbons (Fsp3) is 0.579. The summed E-state index contributed by atoms with van der Waals surface area (Å²) >= 11 is 0. The van der Waals surface area contributed by atoms with Crippen LogP contribution in [0.5, 0.6) is 0 Å². The summed E-state index contributed by atoms with van der Waals surface area (Å²) in [6, 6.07) is 7.66. The fourth-order valence-corrected chi connectivity index (χ4v) is 2.81. The van der Waals surface area contributed by atoms with Gasteiger partial charge < -0.3 is 15.4 Å². The first kappa shape index (κ1) is 18.5. The van der Waals surface area contributed by atoms with Gasteiger partial charge in [0.25, 0.3) is 0 Å². The summed E-state index contributed by atoms with van der Waals surface area (Å²) in [5, 5.41) is 5.89. The summed E-state index contributed by atoms with van der Waals surface area (Å²) in [7, 11) is 1.66. The van der Waals surface area contributed by atoms with Gasteiger partial charge in [-0.3, -0.25) is 9.59 Å². The largest absolute Gasteiger partial charge is 0.385 e. The molecule has 0 heterocycles. The Bertz CT molecular complexity index is 562. The molecule has 1 aliphatic rings. The summed E-state index contributed by atoms with van der Waals surface area (Å²) in [5.74, 6) is 0.450. The minimum absolute atomic E-state index is 0.0229. The maximum atomic E-state index is 12.5. The Kier molecular flexibility index (Phi) is 6.37. The molecule has 24 heavy (non-hydrogen) atoms. The van der Waals surface area contributed by atoms with Crippen molar-refractivity contribution >= 4 is 17.5 Å². The Labute approximate surface area is 144 Å². The first-order chi connectivity index (χ1) is 11.5. The van der Waals surface area contributed by atoms with E-state index in [9.17, 15) is 9.59 Å². The Hall–Kier alpha value is -1.88. The van der Waals surface area contributed by atoms with Gasteiger partial charge >= 0.3 is 0 Å². The summed E-state index contributed by atoms with van der Waals surface area (Å²) in [4.78, 5) is 24.3. The van der Waals surface area contributed by atoms with Gasteiger partial charge in [0.2, 0.25) is 11.8 Å². The van der Waals surface area contributed by atoms with Crippen molar-refractivity contribution in [2.24, 2.45) is 5.92 Å². The van der Waals surface area contributed by atoms with Gasteiger partial charge in [-0.25, -0.2) is 0 Å². The lowest BCUT2D eigenvalue weighted by atomic mass is 9.94. The second-order valence-corrected chi connectivity index (χ2v) is 6.91. The van der Waals surface area contributed by atoms with Gasteiger partial charge in [-0.1, -0.05) is 26.0 Å². The molecule has 0 spiro atoms. The monoisotopic (exact) mass is 332 g/mol. The van der Waals surface area contributed by atoms with Crippen molar-refractivity contribution in [3.05, 3.63) is 29.8 Å². The SMILES string of the molecule is COCCCNC(=O)C1(c2ccc(NC(=O)CC(C)C)cc2)CC1. The van der Waals surface area contributed by atoms with E-state index in [0.717, 1.165) is 30.5 Å². The molecule has 0 aliphatic heterocycles. The van der Waals surface area contributed by atoms with Gasteiger partial charge in [0.15, 0.2) is 0 Å². The third-order valence-corrected chi connectivity index (χ3v) is 4.31. The quantitative estimate of drug-likeness (QED) is 0.683. The van der Waals surface area contributed by atoms with E-state index in [1.807, 2.05) is 38.1 Å². The Morgan fingerprint density at radius 2 is 1.88 bits per heavy atom. The first-order valence-corrected chi connectivity index (χ1v) is 8.65. The first-order valence-electron chi connectivity index (χ1n) is 8.65. The average molecular weight is 332 g/mol. The molecule has 0 radical (unpaired) electrons. The van der Waals surface area contributed by atoms with Gasteiger partial charge in [-0.15, -0.1) is 0 Å². The molecule has 2 N–H and O–H groups in total. The van der Waals surface area contributed by atoms with E-state index in [0.29, 0.717) is 25.5 Å². The molecule has 132 valence electrons. The number of hydrogen-bond acceptors (Lipinski definition) is 3. The fourth-order valence-electron chi connectivity index (χ4n) is 2.81. The Balaban J connectivity index is 1.92. The molecule has 0 saturated heterocycles. The number of anilines is 1. The lowest BCUT2D eigenvalue weighted by Gasteiger charge is -2.16. The Morgan fingerprint density at radius 1 is 1.21 bits per heavy atom. The molecule has 1 saturated carbocycles. The molecule has 1 aliphatic carbocycles. The standard InChI is InChI=1S/C19H28N2O3/c1-14(2)13-17(22)21-16-7-5-15(6-8-16)19(9-10-19)18(23)20-11-4-12-24-3/h5-8,14H,4,9-13H2,1-3H3,(H,20,23)(H,21,22). The average Bonchev–Trinajstić information content (AvgIpc) is 3.33. The number of methoxy groups -OCH3 is 1. The summed E-state index contributed by atoms with van der Waals surface area (Å²) < 4.78 is 4.99. The van der Waals surface area contributed by atoms with Crippen molar-refractivity contribution in [3.63, 3.8) is 0 Å². The maximum Gasteiger partial charge on any atom is 0.230 e. The lowest BCUT2D eigenvalue weighted by molar-refractivity contribution is -0.123. The molecule has 5 heteroatoms. The van der Waals surface area contributed by atoms with Crippen molar-refractivity contribution in [2.75, 3.05) is 25.6 Å². The van der Waals surface area contributed by atoms with E-state index in [1.165, 1.54) is 0 Å². The van der Waals surface area contributed by atoms with Crippen molar-refractivity contribution in [2.45, 2.75) is 44.9 Å². The molecular weight excluding hydrogens is 304 g/mol. The Morgan fingerprint density at radius 3 is 2.42 bits per heavy atom. The normalized spacial score (nSPS) is 15.2. The van der Waals surface area contributed by atoms with Crippen LogP contribution >= 0.6 is 0 Å². The predicted molar refractivity (Wildman–Crippen MR) is 94.9 cm³/mol. The second-order valence-electron chi connectivity index (χ2n) is 6.91. The summed E-state index contributed by atoms with van der Waals surface area (Å²) in [6.07, 6.45) is 3.08. The zero-order valence-electron chi connectivity index (χ0n) is 14.9. The molecule has 1 aromatic carbocycles. The number of benzene rings is 1. The van der Waals surface area contributed by atoms with Crippen LogP contribution in [0.4, 0.5) is 5.69 Å². The van der Waals surface area contributed by atoms with Crippen LogP contribution in [0, 0.1) is 5.92 Å². The highest BCUT2D eigenvalue weighted by atomic mass is 16.5. The molecule has 2 rings (SSSR count). The van der Waals surface area contributed by atoms with Gasteiger partial charge in [0.05, 0.1) is 5.41 Å². The number of hydrogen-bond donors (Lipinski definition) is 2. The molecule has 0 atom stereocenters. The van der Waals surface area contributed by atoms with Crippen molar-refractivity contribution < 1.29 is 14.3 Å². The molecule has 0 bridgehead atoms. The van der Waals surface area contributed by atoms with Gasteiger partial charge in [0, 0.05) is 32.4 Å².